The van der Waals surface area contributed by atoms with Crippen LogP contribution in [0.5, 0.6) is 11.5 Å². The van der Waals surface area contributed by atoms with Gasteiger partial charge in [0.2, 0.25) is 0 Å². The fourth-order valence-corrected chi connectivity index (χ4v) is 4.03. The van der Waals surface area contributed by atoms with Crippen molar-refractivity contribution in [3.8, 4) is 17.2 Å². The van der Waals surface area contributed by atoms with Crippen LogP contribution in [-0.4, -0.2) is 23.4 Å². The number of anilines is 1. The molecular formula is C26H25N3O2. The number of hydrogen-bond donors (Lipinski definition) is 1. The van der Waals surface area contributed by atoms with Crippen LogP contribution >= 0.6 is 0 Å². The van der Waals surface area contributed by atoms with Crippen LogP contribution in [0, 0.1) is 0 Å². The summed E-state index contributed by atoms with van der Waals surface area (Å²) in [6.07, 6.45) is 1.73. The molecule has 0 aliphatic carbocycles. The monoisotopic (exact) mass is 411 g/mol. The van der Waals surface area contributed by atoms with Gasteiger partial charge in [-0.3, -0.25) is 0 Å². The molecule has 4 aromatic rings. The minimum Gasteiger partial charge on any atom is -0.496 e. The van der Waals surface area contributed by atoms with Gasteiger partial charge in [-0.05, 0) is 42.3 Å². The van der Waals surface area contributed by atoms with Gasteiger partial charge in [0.1, 0.15) is 23.9 Å². The predicted octanol–water partition coefficient (Wildman–Crippen LogP) is 5.02. The van der Waals surface area contributed by atoms with Crippen LogP contribution in [0.25, 0.3) is 5.69 Å². The lowest BCUT2D eigenvalue weighted by Gasteiger charge is -2.09. The summed E-state index contributed by atoms with van der Waals surface area (Å²) < 4.78 is 13.5. The summed E-state index contributed by atoms with van der Waals surface area (Å²) in [7, 11) is 1.71. The van der Waals surface area contributed by atoms with Gasteiger partial charge in [0.25, 0.3) is 0 Å². The second-order valence-corrected chi connectivity index (χ2v) is 7.62. The summed E-state index contributed by atoms with van der Waals surface area (Å²) in [4.78, 5) is 0. The molecule has 3 aromatic carbocycles. The zero-order valence-electron chi connectivity index (χ0n) is 17.5. The third-order valence-corrected chi connectivity index (χ3v) is 5.61. The second-order valence-electron chi connectivity index (χ2n) is 7.62. The van der Waals surface area contributed by atoms with Crippen LogP contribution in [0.15, 0.2) is 78.9 Å². The molecule has 1 aromatic heterocycles. The third-order valence-electron chi connectivity index (χ3n) is 5.61. The Morgan fingerprint density at radius 3 is 2.52 bits per heavy atom. The minimum absolute atomic E-state index is 0.558. The molecule has 5 nitrogen and oxygen atoms in total. The lowest BCUT2D eigenvalue weighted by Crippen LogP contribution is -2.05. The van der Waals surface area contributed by atoms with E-state index in [1.165, 1.54) is 5.56 Å². The molecule has 0 atom stereocenters. The van der Waals surface area contributed by atoms with Crippen LogP contribution in [0.2, 0.25) is 0 Å². The van der Waals surface area contributed by atoms with Gasteiger partial charge in [0, 0.05) is 24.1 Å². The molecule has 0 fully saturated rings. The average Bonchev–Trinajstić information content (AvgIpc) is 3.43. The Hall–Kier alpha value is -3.73. The van der Waals surface area contributed by atoms with Crippen LogP contribution in [-0.2, 0) is 19.4 Å². The number of benzene rings is 3. The van der Waals surface area contributed by atoms with Gasteiger partial charge in [0.05, 0.1) is 18.5 Å². The fourth-order valence-electron chi connectivity index (χ4n) is 4.03. The van der Waals surface area contributed by atoms with Crippen LogP contribution in [0.1, 0.15) is 22.4 Å². The molecule has 1 N–H and O–H groups in total. The van der Waals surface area contributed by atoms with Crippen molar-refractivity contribution in [2.75, 3.05) is 19.0 Å². The first-order chi connectivity index (χ1) is 15.3. The minimum atomic E-state index is 0.558. The summed E-state index contributed by atoms with van der Waals surface area (Å²) in [6.45, 7) is 1.49. The number of para-hydroxylation sites is 1. The number of methoxy groups -OCH3 is 1. The molecule has 2 heterocycles. The molecule has 0 amide bonds. The van der Waals surface area contributed by atoms with Crippen molar-refractivity contribution in [2.45, 2.75) is 19.4 Å². The fraction of sp³-hybridized carbons (Fsp3) is 0.192. The maximum absolute atomic E-state index is 5.93. The highest BCUT2D eigenvalue weighted by Gasteiger charge is 2.23. The van der Waals surface area contributed by atoms with Crippen molar-refractivity contribution < 1.29 is 9.47 Å². The van der Waals surface area contributed by atoms with E-state index in [4.69, 9.17) is 14.6 Å². The molecule has 0 unspecified atom stereocenters. The predicted molar refractivity (Wildman–Crippen MR) is 122 cm³/mol. The van der Waals surface area contributed by atoms with Gasteiger partial charge in [-0.25, -0.2) is 4.68 Å². The Morgan fingerprint density at radius 2 is 1.71 bits per heavy atom. The second kappa shape index (κ2) is 8.56. The van der Waals surface area contributed by atoms with Crippen LogP contribution < -0.4 is 14.8 Å². The van der Waals surface area contributed by atoms with Crippen LogP contribution in [0.4, 0.5) is 5.82 Å². The summed E-state index contributed by atoms with van der Waals surface area (Å²) in [6, 6.07) is 26.4. The molecule has 0 saturated heterocycles. The molecule has 5 heteroatoms. The first-order valence-corrected chi connectivity index (χ1v) is 10.6. The highest BCUT2D eigenvalue weighted by molar-refractivity contribution is 5.58. The normalized spacial score (nSPS) is 12.3. The molecule has 156 valence electrons. The smallest absolute Gasteiger partial charge is 0.133 e. The van der Waals surface area contributed by atoms with Gasteiger partial charge >= 0.3 is 0 Å². The number of nitrogens with one attached hydrogen (secondary N) is 1. The Balaban J connectivity index is 1.37. The van der Waals surface area contributed by atoms with Crippen molar-refractivity contribution in [2.24, 2.45) is 0 Å². The largest absolute Gasteiger partial charge is 0.496 e. The van der Waals surface area contributed by atoms with Gasteiger partial charge in [-0.15, -0.1) is 0 Å². The molecule has 0 spiro atoms. The molecule has 1 aliphatic rings. The third kappa shape index (κ3) is 3.99. The van der Waals surface area contributed by atoms with E-state index in [9.17, 15) is 0 Å². The summed E-state index contributed by atoms with van der Waals surface area (Å²) in [5.41, 5.74) is 5.70. The highest BCUT2D eigenvalue weighted by atomic mass is 16.5. The molecule has 0 saturated carbocycles. The van der Waals surface area contributed by atoms with Crippen molar-refractivity contribution in [3.63, 3.8) is 0 Å². The zero-order chi connectivity index (χ0) is 21.0. The van der Waals surface area contributed by atoms with Gasteiger partial charge < -0.3 is 14.8 Å². The summed E-state index contributed by atoms with van der Waals surface area (Å²) in [5, 5.41) is 8.46. The highest BCUT2D eigenvalue weighted by Crippen LogP contribution is 2.32. The molecule has 31 heavy (non-hydrogen) atoms. The van der Waals surface area contributed by atoms with E-state index in [0.717, 1.165) is 59.2 Å². The van der Waals surface area contributed by atoms with E-state index in [1.807, 2.05) is 53.2 Å². The first-order valence-electron chi connectivity index (χ1n) is 10.6. The van der Waals surface area contributed by atoms with E-state index >= 15 is 0 Å². The molecule has 1 aliphatic heterocycles. The molecule has 0 bridgehead atoms. The van der Waals surface area contributed by atoms with E-state index < -0.39 is 0 Å². The van der Waals surface area contributed by atoms with E-state index in [2.05, 4.69) is 35.6 Å². The van der Waals surface area contributed by atoms with Crippen molar-refractivity contribution >= 4 is 5.82 Å². The number of rotatable bonds is 7. The maximum atomic E-state index is 5.93. The molecule has 0 radical (unpaired) electrons. The summed E-state index contributed by atoms with van der Waals surface area (Å²) in [5.74, 6) is 2.83. The van der Waals surface area contributed by atoms with Crippen molar-refractivity contribution in [1.82, 2.24) is 9.78 Å². The number of aromatic nitrogens is 2. The topological polar surface area (TPSA) is 48.3 Å². The van der Waals surface area contributed by atoms with Gasteiger partial charge in [-0.1, -0.05) is 48.5 Å². The van der Waals surface area contributed by atoms with E-state index in [0.29, 0.717) is 6.61 Å². The Kier molecular flexibility index (Phi) is 5.31. The number of fused-ring (bicyclic) bond motifs is 1. The maximum Gasteiger partial charge on any atom is 0.133 e. The average molecular weight is 412 g/mol. The van der Waals surface area contributed by atoms with Gasteiger partial charge in [-0.2, -0.15) is 5.10 Å². The van der Waals surface area contributed by atoms with Gasteiger partial charge in [0.15, 0.2) is 0 Å². The molecule has 5 rings (SSSR count). The molecular weight excluding hydrogens is 386 g/mol. The van der Waals surface area contributed by atoms with Crippen LogP contribution in [0.3, 0.4) is 0 Å². The first kappa shape index (κ1) is 19.2. The van der Waals surface area contributed by atoms with E-state index in [1.54, 1.807) is 7.11 Å². The zero-order valence-corrected chi connectivity index (χ0v) is 17.5. The standard InChI is InChI=1S/C26H25N3O2/c1-30-25-10-6-5-9-20(25)17-24-23-15-16-27-26(23)29(28-24)21-11-13-22(14-12-21)31-18-19-7-3-2-4-8-19/h2-14,27H,15-18H2,1H3. The lowest BCUT2D eigenvalue weighted by molar-refractivity contribution is 0.306. The van der Waals surface area contributed by atoms with E-state index in [-0.39, 0.29) is 0 Å². The lowest BCUT2D eigenvalue weighted by atomic mass is 10.0. The Morgan fingerprint density at radius 1 is 0.935 bits per heavy atom. The number of nitrogens with zero attached hydrogens (tertiary/aromatic N) is 2. The summed E-state index contributed by atoms with van der Waals surface area (Å²) >= 11 is 0. The Labute approximate surface area is 182 Å². The van der Waals surface area contributed by atoms with Crippen molar-refractivity contribution in [1.29, 1.82) is 0 Å². The van der Waals surface area contributed by atoms with Crippen molar-refractivity contribution in [3.05, 3.63) is 101 Å². The number of hydrogen-bond acceptors (Lipinski definition) is 4. The number of ether oxygens (including phenoxy) is 2. The SMILES string of the molecule is COc1ccccc1Cc1nn(-c2ccc(OCc3ccccc3)cc2)c2c1CCN2. The quantitative estimate of drug-likeness (QED) is 0.464. The Bertz CT molecular complexity index is 1170.